The number of hydrogen-bond acceptors (Lipinski definition) is 3. The van der Waals surface area contributed by atoms with Crippen molar-refractivity contribution in [2.24, 2.45) is 0 Å². The van der Waals surface area contributed by atoms with Gasteiger partial charge in [0, 0.05) is 13.2 Å². The molecule has 0 saturated heterocycles. The van der Waals surface area contributed by atoms with Crippen LogP contribution in [0.3, 0.4) is 0 Å². The van der Waals surface area contributed by atoms with E-state index in [1.165, 1.54) is 0 Å². The molecule has 6 nitrogen and oxygen atoms in total. The van der Waals surface area contributed by atoms with E-state index in [0.29, 0.717) is 26.0 Å². The highest BCUT2D eigenvalue weighted by Crippen LogP contribution is 2.35. The Bertz CT molecular complexity index is 276. The molecule has 1 atom stereocenters. The topological polar surface area (TPSA) is 87.7 Å². The van der Waals surface area contributed by atoms with Gasteiger partial charge in [-0.3, -0.25) is 0 Å². The lowest BCUT2D eigenvalue weighted by Gasteiger charge is -2.16. The van der Waals surface area contributed by atoms with Crippen molar-refractivity contribution in [2.75, 3.05) is 13.2 Å². The van der Waals surface area contributed by atoms with E-state index >= 15 is 0 Å². The first-order valence-electron chi connectivity index (χ1n) is 5.41. The fourth-order valence-electron chi connectivity index (χ4n) is 1.36. The van der Waals surface area contributed by atoms with Gasteiger partial charge in [-0.15, -0.1) is 0 Å². The number of carbonyl (C=O) groups is 2. The lowest BCUT2D eigenvalue weighted by atomic mass is 10.3. The maximum atomic E-state index is 11.4. The van der Waals surface area contributed by atoms with Gasteiger partial charge in [-0.1, -0.05) is 0 Å². The summed E-state index contributed by atoms with van der Waals surface area (Å²) in [7, 11) is 0. The monoisotopic (exact) mass is 230 g/mol. The number of urea groups is 1. The summed E-state index contributed by atoms with van der Waals surface area (Å²) >= 11 is 0. The van der Waals surface area contributed by atoms with E-state index in [4.69, 9.17) is 9.84 Å². The van der Waals surface area contributed by atoms with E-state index in [2.05, 4.69) is 10.6 Å². The molecule has 0 aromatic heterocycles. The average Bonchev–Trinajstić information content (AvgIpc) is 2.96. The fraction of sp³-hybridized carbons (Fsp3) is 0.800. The molecule has 0 aliphatic heterocycles. The van der Waals surface area contributed by atoms with Gasteiger partial charge in [0.2, 0.25) is 0 Å². The summed E-state index contributed by atoms with van der Waals surface area (Å²) in [6.07, 6.45) is 0.920. The van der Waals surface area contributed by atoms with E-state index in [1.807, 2.05) is 13.8 Å². The molecule has 1 unspecified atom stereocenters. The van der Waals surface area contributed by atoms with E-state index in [-0.39, 0.29) is 6.10 Å². The molecule has 0 bridgehead atoms. The summed E-state index contributed by atoms with van der Waals surface area (Å²) < 4.78 is 5.23. The van der Waals surface area contributed by atoms with Gasteiger partial charge in [-0.25, -0.2) is 9.59 Å². The molecule has 1 aliphatic rings. The number of ether oxygens (including phenoxy) is 1. The Morgan fingerprint density at radius 2 is 2.12 bits per heavy atom. The Labute approximate surface area is 94.3 Å². The van der Waals surface area contributed by atoms with Gasteiger partial charge < -0.3 is 20.5 Å². The summed E-state index contributed by atoms with van der Waals surface area (Å²) in [6, 6.07) is -0.452. The Morgan fingerprint density at radius 3 is 2.56 bits per heavy atom. The summed E-state index contributed by atoms with van der Waals surface area (Å²) in [4.78, 5) is 22.2. The summed E-state index contributed by atoms with van der Waals surface area (Å²) in [5, 5.41) is 13.9. The molecule has 6 heteroatoms. The Kier molecular flexibility index (Phi) is 4.12. The SMILES string of the molecule is CCOC(C)CNC(=O)NC1(C(=O)O)CC1. The van der Waals surface area contributed by atoms with Gasteiger partial charge in [-0.05, 0) is 26.7 Å². The van der Waals surface area contributed by atoms with Crippen molar-refractivity contribution in [3.05, 3.63) is 0 Å². The number of rotatable bonds is 6. The summed E-state index contributed by atoms with van der Waals surface area (Å²) in [6.45, 7) is 4.67. The van der Waals surface area contributed by atoms with Gasteiger partial charge in [-0.2, -0.15) is 0 Å². The maximum Gasteiger partial charge on any atom is 0.329 e. The van der Waals surface area contributed by atoms with E-state index in [9.17, 15) is 9.59 Å². The van der Waals surface area contributed by atoms with Crippen LogP contribution in [-0.2, 0) is 9.53 Å². The van der Waals surface area contributed by atoms with Gasteiger partial charge >= 0.3 is 12.0 Å². The third-order valence-corrected chi connectivity index (χ3v) is 2.51. The molecule has 1 aliphatic carbocycles. The largest absolute Gasteiger partial charge is 0.480 e. The predicted octanol–water partition coefficient (Wildman–Crippen LogP) is 0.328. The van der Waals surface area contributed by atoms with Crippen molar-refractivity contribution in [1.82, 2.24) is 10.6 Å². The Hall–Kier alpha value is -1.30. The van der Waals surface area contributed by atoms with Crippen LogP contribution in [0, 0.1) is 0 Å². The minimum Gasteiger partial charge on any atom is -0.480 e. The van der Waals surface area contributed by atoms with Crippen molar-refractivity contribution < 1.29 is 19.4 Å². The number of carboxylic acids is 1. The zero-order valence-electron chi connectivity index (χ0n) is 9.58. The zero-order valence-corrected chi connectivity index (χ0v) is 9.58. The molecule has 0 radical (unpaired) electrons. The highest BCUT2D eigenvalue weighted by molar-refractivity contribution is 5.88. The standard InChI is InChI=1S/C10H18N2O4/c1-3-16-7(2)6-11-9(15)12-10(4-5-10)8(13)14/h7H,3-6H2,1-2H3,(H,13,14)(H2,11,12,15). The molecule has 16 heavy (non-hydrogen) atoms. The first kappa shape index (κ1) is 12.8. The number of hydrogen-bond donors (Lipinski definition) is 3. The van der Waals surface area contributed by atoms with E-state index in [1.54, 1.807) is 0 Å². The summed E-state index contributed by atoms with van der Waals surface area (Å²) in [5.41, 5.74) is -1.03. The highest BCUT2D eigenvalue weighted by atomic mass is 16.5. The zero-order chi connectivity index (χ0) is 12.2. The average molecular weight is 230 g/mol. The van der Waals surface area contributed by atoms with Gasteiger partial charge in [0.25, 0.3) is 0 Å². The molecule has 2 amide bonds. The number of amides is 2. The van der Waals surface area contributed by atoms with Gasteiger partial charge in [0.1, 0.15) is 5.54 Å². The molecule has 0 spiro atoms. The van der Waals surface area contributed by atoms with Crippen LogP contribution in [0.4, 0.5) is 4.79 Å². The minimum atomic E-state index is -1.03. The molecular formula is C10H18N2O4. The predicted molar refractivity (Wildman–Crippen MR) is 57.2 cm³/mol. The molecule has 0 heterocycles. The van der Waals surface area contributed by atoms with Crippen molar-refractivity contribution in [2.45, 2.75) is 38.3 Å². The van der Waals surface area contributed by atoms with Crippen LogP contribution in [0.5, 0.6) is 0 Å². The van der Waals surface area contributed by atoms with Crippen LogP contribution >= 0.6 is 0 Å². The second-order valence-corrected chi connectivity index (χ2v) is 3.99. The number of carbonyl (C=O) groups excluding carboxylic acids is 1. The van der Waals surface area contributed by atoms with Crippen LogP contribution in [-0.4, -0.2) is 41.9 Å². The maximum absolute atomic E-state index is 11.4. The first-order valence-corrected chi connectivity index (χ1v) is 5.41. The fourth-order valence-corrected chi connectivity index (χ4v) is 1.36. The van der Waals surface area contributed by atoms with Crippen LogP contribution in [0.2, 0.25) is 0 Å². The van der Waals surface area contributed by atoms with E-state index in [0.717, 1.165) is 0 Å². The van der Waals surface area contributed by atoms with Gasteiger partial charge in [0.15, 0.2) is 0 Å². The smallest absolute Gasteiger partial charge is 0.329 e. The lowest BCUT2D eigenvalue weighted by Crippen LogP contribution is -2.49. The molecule has 1 rings (SSSR count). The third-order valence-electron chi connectivity index (χ3n) is 2.51. The normalized spacial score (nSPS) is 18.6. The molecule has 1 fully saturated rings. The minimum absolute atomic E-state index is 0.0734. The van der Waals surface area contributed by atoms with Crippen LogP contribution in [0.1, 0.15) is 26.7 Å². The molecule has 0 aromatic carbocycles. The second kappa shape index (κ2) is 5.16. The molecular weight excluding hydrogens is 212 g/mol. The second-order valence-electron chi connectivity index (χ2n) is 3.99. The van der Waals surface area contributed by atoms with Crippen molar-refractivity contribution in [3.8, 4) is 0 Å². The Balaban J connectivity index is 2.24. The third kappa shape index (κ3) is 3.37. The molecule has 3 N–H and O–H groups in total. The van der Waals surface area contributed by atoms with Crippen LogP contribution in [0.25, 0.3) is 0 Å². The Morgan fingerprint density at radius 1 is 1.50 bits per heavy atom. The van der Waals surface area contributed by atoms with Gasteiger partial charge in [0.05, 0.1) is 6.10 Å². The molecule has 1 saturated carbocycles. The summed E-state index contributed by atoms with van der Waals surface area (Å²) in [5.74, 6) is -0.972. The number of nitrogens with one attached hydrogen (secondary N) is 2. The van der Waals surface area contributed by atoms with Crippen LogP contribution < -0.4 is 10.6 Å². The first-order chi connectivity index (χ1) is 7.50. The quantitative estimate of drug-likeness (QED) is 0.613. The molecule has 0 aromatic rings. The van der Waals surface area contributed by atoms with Crippen molar-refractivity contribution >= 4 is 12.0 Å². The van der Waals surface area contributed by atoms with Crippen LogP contribution in [0.15, 0.2) is 0 Å². The lowest BCUT2D eigenvalue weighted by molar-refractivity contribution is -0.140. The highest BCUT2D eigenvalue weighted by Gasteiger charge is 2.51. The molecule has 92 valence electrons. The van der Waals surface area contributed by atoms with Crippen molar-refractivity contribution in [3.63, 3.8) is 0 Å². The number of carboxylic acid groups (broad SMARTS) is 1. The van der Waals surface area contributed by atoms with E-state index < -0.39 is 17.5 Å². The van der Waals surface area contributed by atoms with Crippen molar-refractivity contribution in [1.29, 1.82) is 0 Å². The number of aliphatic carboxylic acids is 1.